The average Bonchev–Trinajstić information content (AvgIpc) is 3.26. The van der Waals surface area contributed by atoms with Crippen molar-refractivity contribution in [3.8, 4) is 0 Å². The Balaban J connectivity index is 0.000000311. The second kappa shape index (κ2) is 14.8. The van der Waals surface area contributed by atoms with Crippen LogP contribution in [0.2, 0.25) is 0 Å². The molecule has 0 fully saturated rings. The number of imidazole rings is 1. The van der Waals surface area contributed by atoms with Gasteiger partial charge in [0.1, 0.15) is 5.82 Å². The van der Waals surface area contributed by atoms with Gasteiger partial charge >= 0.3 is 17.9 Å². The van der Waals surface area contributed by atoms with Crippen LogP contribution in [-0.4, -0.2) is 43.2 Å². The number of carboxylic acids is 3. The lowest BCUT2D eigenvalue weighted by molar-refractivity contribution is 0.0649. The van der Waals surface area contributed by atoms with Crippen LogP contribution in [0.15, 0.2) is 30.6 Å². The molecule has 0 saturated carbocycles. The molecule has 0 spiro atoms. The summed E-state index contributed by atoms with van der Waals surface area (Å²) in [7, 11) is 0. The van der Waals surface area contributed by atoms with Crippen molar-refractivity contribution in [2.75, 3.05) is 0 Å². The first-order chi connectivity index (χ1) is 14.9. The molecule has 0 unspecified atom stereocenters. The largest absolute Gasteiger partial charge is 0.478 e. The van der Waals surface area contributed by atoms with E-state index in [9.17, 15) is 14.4 Å². The Hall–Kier alpha value is -3.16. The lowest BCUT2D eigenvalue weighted by Gasteiger charge is -2.02. The second-order valence-corrected chi connectivity index (χ2v) is 7.29. The number of aromatic amines is 1. The maximum atomic E-state index is 10.6. The van der Waals surface area contributed by atoms with Gasteiger partial charge in [0, 0.05) is 18.8 Å². The number of carboxylic acid groups (broad SMARTS) is 3. The van der Waals surface area contributed by atoms with Crippen molar-refractivity contribution in [2.45, 2.75) is 71.1 Å². The van der Waals surface area contributed by atoms with E-state index in [1.54, 1.807) is 0 Å². The Bertz CT molecular complexity index is 817. The second-order valence-electron chi connectivity index (χ2n) is 7.29. The van der Waals surface area contributed by atoms with E-state index in [2.05, 4.69) is 16.9 Å². The van der Waals surface area contributed by atoms with Crippen molar-refractivity contribution in [3.05, 3.63) is 53.1 Å². The summed E-state index contributed by atoms with van der Waals surface area (Å²) >= 11 is 0. The lowest BCUT2D eigenvalue weighted by Crippen LogP contribution is -2.10. The first kappa shape index (κ1) is 25.9. The van der Waals surface area contributed by atoms with Crippen molar-refractivity contribution in [1.29, 1.82) is 0 Å². The lowest BCUT2D eigenvalue weighted by atomic mass is 10.0. The van der Waals surface area contributed by atoms with Gasteiger partial charge in [-0.15, -0.1) is 0 Å². The molecule has 0 bridgehead atoms. The van der Waals surface area contributed by atoms with Gasteiger partial charge in [-0.25, -0.2) is 19.4 Å². The molecule has 4 N–H and O–H groups in total. The zero-order valence-corrected chi connectivity index (χ0v) is 18.0. The van der Waals surface area contributed by atoms with E-state index < -0.39 is 29.0 Å². The summed E-state index contributed by atoms with van der Waals surface area (Å²) in [4.78, 5) is 39.1. The summed E-state index contributed by atoms with van der Waals surface area (Å²) in [6, 6.07) is 2.81. The molecule has 1 heterocycles. The van der Waals surface area contributed by atoms with E-state index in [1.807, 2.05) is 12.4 Å². The van der Waals surface area contributed by atoms with Crippen LogP contribution < -0.4 is 0 Å². The fourth-order valence-corrected chi connectivity index (χ4v) is 3.08. The summed E-state index contributed by atoms with van der Waals surface area (Å²) in [6.45, 7) is 2.27. The first-order valence-electron chi connectivity index (χ1n) is 10.7. The summed E-state index contributed by atoms with van der Waals surface area (Å²) in [6.07, 6.45) is 17.4. The number of carbonyl (C=O) groups is 3. The van der Waals surface area contributed by atoms with Crippen LogP contribution in [0, 0.1) is 0 Å². The molecule has 0 aliphatic rings. The highest BCUT2D eigenvalue weighted by atomic mass is 16.4. The topological polar surface area (TPSA) is 141 Å². The Morgan fingerprint density at radius 3 is 1.87 bits per heavy atom. The molecule has 0 aliphatic heterocycles. The molecule has 0 amide bonds. The van der Waals surface area contributed by atoms with E-state index in [4.69, 9.17) is 15.3 Å². The Kier molecular flexibility index (Phi) is 12.3. The van der Waals surface area contributed by atoms with Crippen molar-refractivity contribution < 1.29 is 29.7 Å². The molecule has 170 valence electrons. The molecule has 0 saturated heterocycles. The molecule has 1 aromatic carbocycles. The first-order valence-corrected chi connectivity index (χ1v) is 10.7. The Labute approximate surface area is 182 Å². The monoisotopic (exact) mass is 432 g/mol. The van der Waals surface area contributed by atoms with Gasteiger partial charge in [-0.05, 0) is 24.6 Å². The number of rotatable bonds is 13. The van der Waals surface area contributed by atoms with E-state index in [0.717, 1.165) is 30.4 Å². The number of aromatic nitrogens is 2. The number of hydrogen-bond donors (Lipinski definition) is 4. The van der Waals surface area contributed by atoms with Crippen molar-refractivity contribution >= 4 is 17.9 Å². The molecule has 8 heteroatoms. The summed E-state index contributed by atoms with van der Waals surface area (Å²) in [5, 5.41) is 25.9. The van der Waals surface area contributed by atoms with Crippen LogP contribution in [0.25, 0.3) is 0 Å². The summed E-state index contributed by atoms with van der Waals surface area (Å²) < 4.78 is 0. The molecule has 31 heavy (non-hydrogen) atoms. The maximum Gasteiger partial charge on any atom is 0.336 e. The molecule has 2 aromatic rings. The number of nitrogens with one attached hydrogen (secondary N) is 1. The van der Waals surface area contributed by atoms with E-state index in [1.165, 1.54) is 57.8 Å². The van der Waals surface area contributed by atoms with E-state index in [-0.39, 0.29) is 5.56 Å². The minimum atomic E-state index is -1.48. The van der Waals surface area contributed by atoms with Crippen LogP contribution in [0.4, 0.5) is 0 Å². The molecule has 8 nitrogen and oxygen atoms in total. The highest BCUT2D eigenvalue weighted by Gasteiger charge is 2.17. The number of aromatic carboxylic acids is 3. The van der Waals surface area contributed by atoms with Gasteiger partial charge in [-0.2, -0.15) is 0 Å². The average molecular weight is 433 g/mol. The van der Waals surface area contributed by atoms with Crippen LogP contribution in [0.3, 0.4) is 0 Å². The molecule has 2 rings (SSSR count). The highest BCUT2D eigenvalue weighted by Crippen LogP contribution is 2.13. The van der Waals surface area contributed by atoms with Gasteiger partial charge < -0.3 is 20.3 Å². The van der Waals surface area contributed by atoms with Gasteiger partial charge in [-0.3, -0.25) is 0 Å². The SMILES string of the molecule is CCCCCCCCCCCc1ncc[nH]1.O=C(O)c1ccc(C(=O)O)c(C(=O)O)c1. The predicted octanol–water partition coefficient (Wildman–Crippen LogP) is 5.26. The third kappa shape index (κ3) is 10.4. The highest BCUT2D eigenvalue weighted by molar-refractivity contribution is 6.03. The van der Waals surface area contributed by atoms with Crippen molar-refractivity contribution in [1.82, 2.24) is 9.97 Å². The van der Waals surface area contributed by atoms with Crippen LogP contribution in [-0.2, 0) is 6.42 Å². The summed E-state index contributed by atoms with van der Waals surface area (Å²) in [5.74, 6) is -3.06. The molecular weight excluding hydrogens is 400 g/mol. The minimum Gasteiger partial charge on any atom is -0.478 e. The number of aryl methyl sites for hydroxylation is 1. The van der Waals surface area contributed by atoms with Crippen LogP contribution in [0.1, 0.15) is 102 Å². The van der Waals surface area contributed by atoms with Crippen LogP contribution >= 0.6 is 0 Å². The fourth-order valence-electron chi connectivity index (χ4n) is 3.08. The smallest absolute Gasteiger partial charge is 0.336 e. The van der Waals surface area contributed by atoms with Gasteiger partial charge in [-0.1, -0.05) is 58.3 Å². The van der Waals surface area contributed by atoms with Crippen molar-refractivity contribution in [2.24, 2.45) is 0 Å². The minimum absolute atomic E-state index is 0.266. The van der Waals surface area contributed by atoms with E-state index >= 15 is 0 Å². The quantitative estimate of drug-likeness (QED) is 0.316. The van der Waals surface area contributed by atoms with Gasteiger partial charge in [0.25, 0.3) is 0 Å². The Morgan fingerprint density at radius 1 is 0.806 bits per heavy atom. The van der Waals surface area contributed by atoms with Gasteiger partial charge in [0.05, 0.1) is 16.7 Å². The number of unbranched alkanes of at least 4 members (excludes halogenated alkanes) is 8. The normalized spacial score (nSPS) is 10.2. The van der Waals surface area contributed by atoms with Crippen molar-refractivity contribution in [3.63, 3.8) is 0 Å². The number of benzene rings is 1. The molecule has 0 aliphatic carbocycles. The third-order valence-corrected chi connectivity index (χ3v) is 4.80. The third-order valence-electron chi connectivity index (χ3n) is 4.80. The van der Waals surface area contributed by atoms with Gasteiger partial charge in [0.2, 0.25) is 0 Å². The Morgan fingerprint density at radius 2 is 1.39 bits per heavy atom. The zero-order valence-electron chi connectivity index (χ0n) is 18.0. The zero-order chi connectivity index (χ0) is 23.1. The number of H-pyrrole nitrogens is 1. The van der Waals surface area contributed by atoms with E-state index in [0.29, 0.717) is 0 Å². The molecule has 0 radical (unpaired) electrons. The molecule has 1 aromatic heterocycles. The molecule has 0 atom stereocenters. The number of hydrogen-bond acceptors (Lipinski definition) is 4. The standard InChI is InChI=1S/C14H26N2.C9H6O6/c1-2-3-4-5-6-7-8-9-10-11-14-15-12-13-16-14;10-7(11)4-1-2-5(8(12)13)6(3-4)9(14)15/h12-13H,2-11H2,1H3,(H,15,16);1-3H,(H,10,11)(H,12,13)(H,14,15). The van der Waals surface area contributed by atoms with Crippen LogP contribution in [0.5, 0.6) is 0 Å². The molecular formula is C23H32N2O6. The van der Waals surface area contributed by atoms with Gasteiger partial charge in [0.15, 0.2) is 0 Å². The number of nitrogens with zero attached hydrogens (tertiary/aromatic N) is 1. The predicted molar refractivity (Wildman–Crippen MR) is 117 cm³/mol. The maximum absolute atomic E-state index is 10.6. The summed E-state index contributed by atoms with van der Waals surface area (Å²) in [5.41, 5.74) is -1.24. The fraction of sp³-hybridized carbons (Fsp3) is 0.478.